The standard InChI is InChI=1S/C14H27N3O3/c1-5-11-8-20-10(4)7-17(11)12(18)6-16-14(19)13(15)9(2)3/h9-11,13H,5-8,15H2,1-4H3,(H,16,19)/t10?,11?,13-/m0/s1. The second-order valence-corrected chi connectivity index (χ2v) is 5.74. The minimum absolute atomic E-state index is 0.00245. The van der Waals surface area contributed by atoms with Crippen molar-refractivity contribution in [3.63, 3.8) is 0 Å². The molecule has 1 aliphatic heterocycles. The Morgan fingerprint density at radius 3 is 2.65 bits per heavy atom. The summed E-state index contributed by atoms with van der Waals surface area (Å²) < 4.78 is 5.56. The normalized spacial score (nSPS) is 24.6. The lowest BCUT2D eigenvalue weighted by molar-refractivity contribution is -0.144. The fourth-order valence-corrected chi connectivity index (χ4v) is 2.17. The number of nitrogens with one attached hydrogen (secondary N) is 1. The molecule has 0 radical (unpaired) electrons. The molecule has 3 N–H and O–H groups in total. The fraction of sp³-hybridized carbons (Fsp3) is 0.857. The van der Waals surface area contributed by atoms with Gasteiger partial charge in [-0.05, 0) is 19.3 Å². The van der Waals surface area contributed by atoms with Crippen LogP contribution >= 0.6 is 0 Å². The van der Waals surface area contributed by atoms with Gasteiger partial charge < -0.3 is 20.7 Å². The second-order valence-electron chi connectivity index (χ2n) is 5.74. The predicted octanol–water partition coefficient (Wildman–Crippen LogP) is 0.112. The second kappa shape index (κ2) is 7.59. The third-order valence-corrected chi connectivity index (χ3v) is 3.69. The number of nitrogens with two attached hydrogens (primary N) is 1. The van der Waals surface area contributed by atoms with Crippen LogP contribution in [0.3, 0.4) is 0 Å². The first kappa shape index (κ1) is 16.9. The zero-order chi connectivity index (χ0) is 15.3. The lowest BCUT2D eigenvalue weighted by Gasteiger charge is -2.38. The van der Waals surface area contributed by atoms with Gasteiger partial charge in [0.05, 0.1) is 31.3 Å². The van der Waals surface area contributed by atoms with E-state index in [9.17, 15) is 9.59 Å². The Balaban J connectivity index is 2.50. The maximum absolute atomic E-state index is 12.2. The largest absolute Gasteiger partial charge is 0.375 e. The van der Waals surface area contributed by atoms with Gasteiger partial charge in [0, 0.05) is 6.54 Å². The highest BCUT2D eigenvalue weighted by molar-refractivity contribution is 5.87. The third kappa shape index (κ3) is 4.45. The molecule has 0 aromatic heterocycles. The highest BCUT2D eigenvalue weighted by atomic mass is 16.5. The number of carbonyl (C=O) groups excluding carboxylic acids is 2. The van der Waals surface area contributed by atoms with E-state index >= 15 is 0 Å². The van der Waals surface area contributed by atoms with E-state index in [1.807, 2.05) is 27.7 Å². The average Bonchev–Trinajstić information content (AvgIpc) is 2.43. The Kier molecular flexibility index (Phi) is 6.42. The van der Waals surface area contributed by atoms with Crippen molar-refractivity contribution in [1.29, 1.82) is 0 Å². The minimum atomic E-state index is -0.576. The highest BCUT2D eigenvalue weighted by Crippen LogP contribution is 2.14. The lowest BCUT2D eigenvalue weighted by Crippen LogP contribution is -2.55. The summed E-state index contributed by atoms with van der Waals surface area (Å²) in [5.41, 5.74) is 5.74. The molecular weight excluding hydrogens is 258 g/mol. The first-order chi connectivity index (χ1) is 9.36. The molecule has 0 aliphatic carbocycles. The van der Waals surface area contributed by atoms with Gasteiger partial charge in [0.15, 0.2) is 0 Å². The maximum Gasteiger partial charge on any atom is 0.242 e. The summed E-state index contributed by atoms with van der Waals surface area (Å²) in [6, 6.07) is -0.484. The molecule has 6 nitrogen and oxygen atoms in total. The van der Waals surface area contributed by atoms with Crippen molar-refractivity contribution < 1.29 is 14.3 Å². The SMILES string of the molecule is CCC1COC(C)CN1C(=O)CNC(=O)[C@@H](N)C(C)C. The molecule has 1 heterocycles. The zero-order valence-electron chi connectivity index (χ0n) is 12.9. The molecule has 1 aliphatic rings. The van der Waals surface area contributed by atoms with Crippen molar-refractivity contribution in [2.24, 2.45) is 11.7 Å². The highest BCUT2D eigenvalue weighted by Gasteiger charge is 2.29. The molecule has 2 unspecified atom stereocenters. The van der Waals surface area contributed by atoms with E-state index < -0.39 is 6.04 Å². The molecule has 116 valence electrons. The van der Waals surface area contributed by atoms with Crippen LogP contribution in [-0.4, -0.2) is 54.6 Å². The molecule has 0 aromatic carbocycles. The molecule has 2 amide bonds. The summed E-state index contributed by atoms with van der Waals surface area (Å²) in [4.78, 5) is 25.8. The number of carbonyl (C=O) groups is 2. The van der Waals surface area contributed by atoms with Gasteiger partial charge >= 0.3 is 0 Å². The van der Waals surface area contributed by atoms with Gasteiger partial charge in [-0.2, -0.15) is 0 Å². The Morgan fingerprint density at radius 2 is 2.10 bits per heavy atom. The van der Waals surface area contributed by atoms with Crippen molar-refractivity contribution in [1.82, 2.24) is 10.2 Å². The topological polar surface area (TPSA) is 84.7 Å². The van der Waals surface area contributed by atoms with Crippen LogP contribution in [0.2, 0.25) is 0 Å². The van der Waals surface area contributed by atoms with Crippen molar-refractivity contribution >= 4 is 11.8 Å². The molecule has 0 saturated carbocycles. The zero-order valence-corrected chi connectivity index (χ0v) is 12.9. The Labute approximate surface area is 121 Å². The minimum Gasteiger partial charge on any atom is -0.375 e. The first-order valence-electron chi connectivity index (χ1n) is 7.31. The van der Waals surface area contributed by atoms with Crippen LogP contribution in [0.1, 0.15) is 34.1 Å². The number of nitrogens with zero attached hydrogens (tertiary/aromatic N) is 1. The molecule has 6 heteroatoms. The monoisotopic (exact) mass is 285 g/mol. The van der Waals surface area contributed by atoms with Crippen molar-refractivity contribution in [2.75, 3.05) is 19.7 Å². The molecule has 0 bridgehead atoms. The van der Waals surface area contributed by atoms with Crippen LogP contribution in [0, 0.1) is 5.92 Å². The smallest absolute Gasteiger partial charge is 0.242 e. The summed E-state index contributed by atoms with van der Waals surface area (Å²) in [6.07, 6.45) is 0.883. The molecule has 20 heavy (non-hydrogen) atoms. The van der Waals surface area contributed by atoms with E-state index in [0.29, 0.717) is 13.2 Å². The summed E-state index contributed by atoms with van der Waals surface area (Å²) in [5, 5.41) is 2.62. The number of hydrogen-bond donors (Lipinski definition) is 2. The van der Waals surface area contributed by atoms with Gasteiger partial charge in [-0.15, -0.1) is 0 Å². The van der Waals surface area contributed by atoms with Gasteiger partial charge in [-0.25, -0.2) is 0 Å². The van der Waals surface area contributed by atoms with Crippen molar-refractivity contribution in [2.45, 2.75) is 52.3 Å². The van der Waals surface area contributed by atoms with Gasteiger partial charge in [0.1, 0.15) is 0 Å². The quantitative estimate of drug-likeness (QED) is 0.751. The third-order valence-electron chi connectivity index (χ3n) is 3.69. The number of amides is 2. The molecule has 0 spiro atoms. The number of hydrogen-bond acceptors (Lipinski definition) is 4. The fourth-order valence-electron chi connectivity index (χ4n) is 2.17. The van der Waals surface area contributed by atoms with E-state index in [4.69, 9.17) is 10.5 Å². The van der Waals surface area contributed by atoms with Gasteiger partial charge in [0.2, 0.25) is 11.8 Å². The van der Waals surface area contributed by atoms with Crippen LogP contribution in [-0.2, 0) is 14.3 Å². The lowest BCUT2D eigenvalue weighted by atomic mass is 10.1. The summed E-state index contributed by atoms with van der Waals surface area (Å²) in [7, 11) is 0. The Morgan fingerprint density at radius 1 is 1.45 bits per heavy atom. The van der Waals surface area contributed by atoms with E-state index in [-0.39, 0.29) is 36.4 Å². The number of morpholine rings is 1. The van der Waals surface area contributed by atoms with Gasteiger partial charge in [0.25, 0.3) is 0 Å². The summed E-state index contributed by atoms with van der Waals surface area (Å²) in [5.74, 6) is -0.295. The molecular formula is C14H27N3O3. The molecule has 1 saturated heterocycles. The molecule has 3 atom stereocenters. The van der Waals surface area contributed by atoms with E-state index in [1.165, 1.54) is 0 Å². The van der Waals surface area contributed by atoms with Gasteiger partial charge in [-0.3, -0.25) is 9.59 Å². The maximum atomic E-state index is 12.2. The van der Waals surface area contributed by atoms with Crippen LogP contribution in [0.4, 0.5) is 0 Å². The van der Waals surface area contributed by atoms with Crippen LogP contribution in [0.5, 0.6) is 0 Å². The average molecular weight is 285 g/mol. The molecule has 1 fully saturated rings. The Bertz CT molecular complexity index is 347. The van der Waals surface area contributed by atoms with Crippen molar-refractivity contribution in [3.05, 3.63) is 0 Å². The van der Waals surface area contributed by atoms with Crippen LogP contribution < -0.4 is 11.1 Å². The molecule has 1 rings (SSSR count). The summed E-state index contributed by atoms with van der Waals surface area (Å²) >= 11 is 0. The number of rotatable bonds is 5. The van der Waals surface area contributed by atoms with E-state index in [1.54, 1.807) is 4.90 Å². The summed E-state index contributed by atoms with van der Waals surface area (Å²) in [6.45, 7) is 8.86. The first-order valence-corrected chi connectivity index (χ1v) is 7.31. The molecule has 0 aromatic rings. The van der Waals surface area contributed by atoms with E-state index in [2.05, 4.69) is 5.32 Å². The van der Waals surface area contributed by atoms with Crippen LogP contribution in [0.25, 0.3) is 0 Å². The Hall–Kier alpha value is -1.14. The van der Waals surface area contributed by atoms with Crippen LogP contribution in [0.15, 0.2) is 0 Å². The van der Waals surface area contributed by atoms with Crippen molar-refractivity contribution in [3.8, 4) is 0 Å². The van der Waals surface area contributed by atoms with E-state index in [0.717, 1.165) is 6.42 Å². The van der Waals surface area contributed by atoms with Gasteiger partial charge in [-0.1, -0.05) is 20.8 Å². The number of ether oxygens (including phenoxy) is 1. The predicted molar refractivity (Wildman–Crippen MR) is 77.0 cm³/mol.